The second-order valence-corrected chi connectivity index (χ2v) is 6.92. The van der Waals surface area contributed by atoms with Gasteiger partial charge in [-0.25, -0.2) is 0 Å². The van der Waals surface area contributed by atoms with E-state index in [0.717, 1.165) is 20.8 Å². The third kappa shape index (κ3) is 8.46. The monoisotopic (exact) mass is 432 g/mol. The fourth-order valence-electron chi connectivity index (χ4n) is 2.98. The molecule has 1 fully saturated rings. The van der Waals surface area contributed by atoms with Crippen LogP contribution in [0.3, 0.4) is 0 Å². The number of ketones is 1. The van der Waals surface area contributed by atoms with Crippen molar-refractivity contribution in [2.75, 3.05) is 6.61 Å². The molecule has 30 heavy (non-hydrogen) atoms. The number of rotatable bonds is 9. The van der Waals surface area contributed by atoms with Gasteiger partial charge in [-0.1, -0.05) is 0 Å². The van der Waals surface area contributed by atoms with Crippen molar-refractivity contribution in [2.24, 2.45) is 0 Å². The van der Waals surface area contributed by atoms with Gasteiger partial charge in [0.1, 0.15) is 18.5 Å². The first kappa shape index (κ1) is 25.5. The van der Waals surface area contributed by atoms with Gasteiger partial charge in [-0.3, -0.25) is 24.0 Å². The van der Waals surface area contributed by atoms with Crippen LogP contribution in [-0.2, 0) is 52.4 Å². The Bertz CT molecular complexity index is 659. The molecule has 0 amide bonds. The van der Waals surface area contributed by atoms with Gasteiger partial charge in [0, 0.05) is 34.1 Å². The fourth-order valence-corrected chi connectivity index (χ4v) is 2.98. The van der Waals surface area contributed by atoms with Crippen LogP contribution >= 0.6 is 0 Å². The van der Waals surface area contributed by atoms with Crippen molar-refractivity contribution in [3.05, 3.63) is 0 Å². The zero-order valence-electron chi connectivity index (χ0n) is 17.9. The molecule has 1 heterocycles. The summed E-state index contributed by atoms with van der Waals surface area (Å²) < 4.78 is 32.3. The van der Waals surface area contributed by atoms with Crippen LogP contribution in [0.2, 0.25) is 0 Å². The fraction of sp³-hybridized carbons (Fsp3) is 0.737. The first-order valence-corrected chi connectivity index (χ1v) is 9.36. The normalized spacial score (nSPS) is 26.8. The van der Waals surface area contributed by atoms with Crippen molar-refractivity contribution in [3.8, 4) is 0 Å². The van der Waals surface area contributed by atoms with Gasteiger partial charge in [0.2, 0.25) is 0 Å². The lowest BCUT2D eigenvalue weighted by Crippen LogP contribution is -2.63. The van der Waals surface area contributed by atoms with Crippen molar-refractivity contribution in [1.29, 1.82) is 0 Å². The predicted octanol–water partition coefficient (Wildman–Crippen LogP) is 0.454. The first-order valence-electron chi connectivity index (χ1n) is 9.36. The third-order valence-corrected chi connectivity index (χ3v) is 3.89. The molecular weight excluding hydrogens is 404 g/mol. The highest BCUT2D eigenvalue weighted by Gasteiger charge is 2.53. The topological polar surface area (TPSA) is 141 Å². The van der Waals surface area contributed by atoms with Crippen molar-refractivity contribution < 1.29 is 52.4 Å². The average Bonchev–Trinajstić information content (AvgIpc) is 2.56. The van der Waals surface area contributed by atoms with Gasteiger partial charge < -0.3 is 28.4 Å². The number of hydrogen-bond donors (Lipinski definition) is 0. The molecule has 0 spiro atoms. The summed E-state index contributed by atoms with van der Waals surface area (Å²) in [6.45, 7) is 7.21. The van der Waals surface area contributed by atoms with E-state index >= 15 is 0 Å². The molecule has 6 atom stereocenters. The maximum absolute atomic E-state index is 11.7. The summed E-state index contributed by atoms with van der Waals surface area (Å²) in [4.78, 5) is 57.7. The SMILES string of the molecule is CC(=O)CC(C)O[C@@H]1O[C@H](COC(C)=O)[C@@H](OC(C)=O)[C@H](OC(C)=O)[C@H]1OC(C)=O. The summed E-state index contributed by atoms with van der Waals surface area (Å²) >= 11 is 0. The molecule has 11 nitrogen and oxygen atoms in total. The van der Waals surface area contributed by atoms with Crippen molar-refractivity contribution >= 4 is 29.7 Å². The van der Waals surface area contributed by atoms with Crippen molar-refractivity contribution in [3.63, 3.8) is 0 Å². The number of carbonyl (C=O) groups is 5. The summed E-state index contributed by atoms with van der Waals surface area (Å²) in [5, 5.41) is 0. The molecule has 1 aliphatic rings. The minimum absolute atomic E-state index is 0.0485. The molecule has 1 unspecified atom stereocenters. The van der Waals surface area contributed by atoms with E-state index in [-0.39, 0.29) is 18.8 Å². The van der Waals surface area contributed by atoms with E-state index in [9.17, 15) is 24.0 Å². The Kier molecular flexibility index (Phi) is 9.86. The van der Waals surface area contributed by atoms with Crippen molar-refractivity contribution in [2.45, 2.75) is 84.8 Å². The van der Waals surface area contributed by atoms with E-state index in [1.165, 1.54) is 13.8 Å². The van der Waals surface area contributed by atoms with Crippen LogP contribution < -0.4 is 0 Å². The molecule has 0 aromatic heterocycles. The van der Waals surface area contributed by atoms with Crippen LogP contribution in [0, 0.1) is 0 Å². The Hall–Kier alpha value is -2.53. The van der Waals surface area contributed by atoms with Crippen LogP contribution in [0.15, 0.2) is 0 Å². The maximum atomic E-state index is 11.7. The van der Waals surface area contributed by atoms with Crippen molar-refractivity contribution in [1.82, 2.24) is 0 Å². The largest absolute Gasteiger partial charge is 0.463 e. The molecule has 0 aliphatic carbocycles. The van der Waals surface area contributed by atoms with E-state index in [1.54, 1.807) is 6.92 Å². The minimum Gasteiger partial charge on any atom is -0.463 e. The summed E-state index contributed by atoms with van der Waals surface area (Å²) in [6, 6.07) is 0. The summed E-state index contributed by atoms with van der Waals surface area (Å²) in [6.07, 6.45) is -6.84. The molecule has 1 aliphatic heterocycles. The second-order valence-electron chi connectivity index (χ2n) is 6.92. The molecular formula is C19H28O11. The van der Waals surface area contributed by atoms with Gasteiger partial charge in [-0.2, -0.15) is 0 Å². The van der Waals surface area contributed by atoms with Gasteiger partial charge in [0.05, 0.1) is 6.10 Å². The molecule has 170 valence electrons. The molecule has 0 aromatic carbocycles. The molecule has 1 saturated heterocycles. The molecule has 0 radical (unpaired) electrons. The molecule has 1 rings (SSSR count). The average molecular weight is 432 g/mol. The lowest BCUT2D eigenvalue weighted by Gasteiger charge is -2.44. The summed E-state index contributed by atoms with van der Waals surface area (Å²) in [5.41, 5.74) is 0. The number of ether oxygens (including phenoxy) is 6. The molecule has 0 saturated carbocycles. The zero-order chi connectivity index (χ0) is 23.0. The number of hydrogen-bond acceptors (Lipinski definition) is 11. The van der Waals surface area contributed by atoms with E-state index in [2.05, 4.69) is 0 Å². The van der Waals surface area contributed by atoms with E-state index in [0.29, 0.717) is 0 Å². The van der Waals surface area contributed by atoms with E-state index in [1.807, 2.05) is 0 Å². The highest BCUT2D eigenvalue weighted by Crippen LogP contribution is 2.30. The highest BCUT2D eigenvalue weighted by atomic mass is 16.7. The minimum atomic E-state index is -1.31. The van der Waals surface area contributed by atoms with E-state index in [4.69, 9.17) is 28.4 Å². The molecule has 0 aromatic rings. The van der Waals surface area contributed by atoms with Gasteiger partial charge in [-0.15, -0.1) is 0 Å². The Morgan fingerprint density at radius 2 is 1.27 bits per heavy atom. The van der Waals surface area contributed by atoms with Crippen LogP contribution in [0.5, 0.6) is 0 Å². The standard InChI is InChI=1S/C19H28O11/c1-9(20)7-10(2)26-19-18(29-14(6)24)17(28-13(5)23)16(27-12(4)22)15(30-19)8-25-11(3)21/h10,15-19H,7-8H2,1-6H3/t10?,15-,16-,17+,18-,19-/m1/s1. The Labute approximate surface area is 174 Å². The zero-order valence-corrected chi connectivity index (χ0v) is 17.9. The number of carbonyl (C=O) groups excluding carboxylic acids is 5. The highest BCUT2D eigenvalue weighted by molar-refractivity contribution is 5.75. The van der Waals surface area contributed by atoms with Gasteiger partial charge in [-0.05, 0) is 13.8 Å². The second kappa shape index (κ2) is 11.6. The van der Waals surface area contributed by atoms with E-state index < -0.39 is 60.7 Å². The first-order chi connectivity index (χ1) is 13.9. The number of Topliss-reactive ketones (excluding diaryl/α,β-unsaturated/α-hetero) is 1. The van der Waals surface area contributed by atoms with Crippen LogP contribution in [0.4, 0.5) is 0 Å². The Balaban J connectivity index is 3.30. The van der Waals surface area contributed by atoms with Gasteiger partial charge >= 0.3 is 23.9 Å². The van der Waals surface area contributed by atoms with Crippen LogP contribution in [0.1, 0.15) is 48.0 Å². The summed E-state index contributed by atoms with van der Waals surface area (Å²) in [7, 11) is 0. The third-order valence-electron chi connectivity index (χ3n) is 3.89. The lowest BCUT2D eigenvalue weighted by atomic mass is 9.98. The lowest BCUT2D eigenvalue weighted by molar-refractivity contribution is -0.315. The smallest absolute Gasteiger partial charge is 0.303 e. The Morgan fingerprint density at radius 3 is 1.73 bits per heavy atom. The quantitative estimate of drug-likeness (QED) is 0.370. The number of esters is 4. The summed E-state index contributed by atoms with van der Waals surface area (Å²) in [5.74, 6) is -2.95. The maximum Gasteiger partial charge on any atom is 0.303 e. The Morgan fingerprint density at radius 1 is 0.767 bits per heavy atom. The molecule has 0 N–H and O–H groups in total. The van der Waals surface area contributed by atoms with Gasteiger partial charge in [0.25, 0.3) is 0 Å². The van der Waals surface area contributed by atoms with Crippen LogP contribution in [0.25, 0.3) is 0 Å². The predicted molar refractivity (Wildman–Crippen MR) is 97.8 cm³/mol. The van der Waals surface area contributed by atoms with Crippen LogP contribution in [-0.4, -0.2) is 73.1 Å². The van der Waals surface area contributed by atoms with Gasteiger partial charge in [0.15, 0.2) is 24.6 Å². The molecule has 0 bridgehead atoms. The molecule has 11 heteroatoms.